The minimum atomic E-state index is -0.0546. The summed E-state index contributed by atoms with van der Waals surface area (Å²) in [5.74, 6) is 0.874. The first kappa shape index (κ1) is 14.5. The smallest absolute Gasteiger partial charge is 0.261 e. The average Bonchev–Trinajstić information content (AvgIpc) is 3.02. The van der Waals surface area contributed by atoms with Crippen molar-refractivity contribution in [2.45, 2.75) is 38.1 Å². The molecule has 0 unspecified atom stereocenters. The summed E-state index contributed by atoms with van der Waals surface area (Å²) in [5.41, 5.74) is -0.0546. The standard InChI is InChI=1S/C15H18BrNOS2/c1-10-2-5-15(9-16,6-3-10)17-14(18)13-8-12-11(20-13)4-7-19-12/h4,7-8,10H,2-3,5-6,9H2,1H3,(H,17,18). The first-order valence-corrected chi connectivity index (χ1v) is 9.79. The van der Waals surface area contributed by atoms with Crippen molar-refractivity contribution in [2.24, 2.45) is 5.92 Å². The Morgan fingerprint density at radius 3 is 2.85 bits per heavy atom. The van der Waals surface area contributed by atoms with Gasteiger partial charge in [0.15, 0.2) is 0 Å². The van der Waals surface area contributed by atoms with Gasteiger partial charge in [0.05, 0.1) is 10.4 Å². The Hall–Kier alpha value is -0.390. The fourth-order valence-electron chi connectivity index (χ4n) is 2.79. The number of fused-ring (bicyclic) bond motifs is 1. The molecule has 0 aromatic carbocycles. The van der Waals surface area contributed by atoms with Gasteiger partial charge in [0.25, 0.3) is 5.91 Å². The second-order valence-corrected chi connectivity index (χ2v) is 8.40. The Labute approximate surface area is 135 Å². The van der Waals surface area contributed by atoms with E-state index in [1.54, 1.807) is 22.7 Å². The van der Waals surface area contributed by atoms with Gasteiger partial charge in [-0.05, 0) is 49.1 Å². The van der Waals surface area contributed by atoms with Gasteiger partial charge in [-0.1, -0.05) is 22.9 Å². The molecule has 1 aliphatic carbocycles. The van der Waals surface area contributed by atoms with Crippen LogP contribution in [0.4, 0.5) is 0 Å². The number of carbonyl (C=O) groups excluding carboxylic acids is 1. The van der Waals surface area contributed by atoms with Crippen LogP contribution in [0, 0.1) is 5.92 Å². The largest absolute Gasteiger partial charge is 0.345 e. The maximum atomic E-state index is 12.5. The molecule has 0 aliphatic heterocycles. The quantitative estimate of drug-likeness (QED) is 0.752. The van der Waals surface area contributed by atoms with Gasteiger partial charge in [0.2, 0.25) is 0 Å². The molecule has 3 rings (SSSR count). The number of thiophene rings is 2. The number of alkyl halides is 1. The molecule has 20 heavy (non-hydrogen) atoms. The highest BCUT2D eigenvalue weighted by atomic mass is 79.9. The lowest BCUT2D eigenvalue weighted by molar-refractivity contribution is 0.0878. The summed E-state index contributed by atoms with van der Waals surface area (Å²) in [6.45, 7) is 2.30. The van der Waals surface area contributed by atoms with E-state index in [-0.39, 0.29) is 11.4 Å². The van der Waals surface area contributed by atoms with E-state index >= 15 is 0 Å². The first-order chi connectivity index (χ1) is 9.62. The van der Waals surface area contributed by atoms with E-state index in [1.807, 2.05) is 6.07 Å². The second kappa shape index (κ2) is 5.78. The van der Waals surface area contributed by atoms with Crippen molar-refractivity contribution >= 4 is 53.9 Å². The lowest BCUT2D eigenvalue weighted by Gasteiger charge is -2.38. The van der Waals surface area contributed by atoms with Gasteiger partial charge >= 0.3 is 0 Å². The van der Waals surface area contributed by atoms with Crippen LogP contribution < -0.4 is 5.32 Å². The zero-order valence-corrected chi connectivity index (χ0v) is 14.7. The molecule has 0 spiro atoms. The lowest BCUT2D eigenvalue weighted by Crippen LogP contribution is -2.51. The lowest BCUT2D eigenvalue weighted by atomic mass is 9.78. The van der Waals surface area contributed by atoms with Gasteiger partial charge in [-0.2, -0.15) is 0 Å². The Bertz CT molecular complexity index is 582. The third kappa shape index (κ3) is 2.81. The number of hydrogen-bond donors (Lipinski definition) is 1. The van der Waals surface area contributed by atoms with Crippen molar-refractivity contribution < 1.29 is 4.79 Å². The molecule has 0 saturated heterocycles. The summed E-state index contributed by atoms with van der Waals surface area (Å²) in [7, 11) is 0. The molecule has 2 aromatic rings. The zero-order valence-electron chi connectivity index (χ0n) is 11.4. The molecule has 2 nitrogen and oxygen atoms in total. The van der Waals surface area contributed by atoms with E-state index in [2.05, 4.69) is 39.6 Å². The molecule has 1 aliphatic rings. The Kier molecular flexibility index (Phi) is 4.20. The third-order valence-electron chi connectivity index (χ3n) is 4.23. The van der Waals surface area contributed by atoms with E-state index in [1.165, 1.54) is 22.2 Å². The van der Waals surface area contributed by atoms with Crippen LogP contribution in [0.5, 0.6) is 0 Å². The van der Waals surface area contributed by atoms with Crippen molar-refractivity contribution in [1.29, 1.82) is 0 Å². The van der Waals surface area contributed by atoms with E-state index in [0.29, 0.717) is 0 Å². The van der Waals surface area contributed by atoms with Crippen LogP contribution in [0.15, 0.2) is 17.5 Å². The van der Waals surface area contributed by atoms with Gasteiger partial charge in [-0.3, -0.25) is 4.79 Å². The number of halogens is 1. The Balaban J connectivity index is 1.75. The molecule has 2 heterocycles. The monoisotopic (exact) mass is 371 g/mol. The number of hydrogen-bond acceptors (Lipinski definition) is 3. The molecule has 1 amide bonds. The van der Waals surface area contributed by atoms with Crippen molar-refractivity contribution in [3.8, 4) is 0 Å². The van der Waals surface area contributed by atoms with Crippen molar-refractivity contribution in [2.75, 3.05) is 5.33 Å². The summed E-state index contributed by atoms with van der Waals surface area (Å²) in [5, 5.41) is 6.22. The van der Waals surface area contributed by atoms with Gasteiger partial charge in [0, 0.05) is 14.7 Å². The number of rotatable bonds is 3. The van der Waals surface area contributed by atoms with Crippen molar-refractivity contribution in [3.05, 3.63) is 22.4 Å². The van der Waals surface area contributed by atoms with Crippen LogP contribution in [0.2, 0.25) is 0 Å². The molecule has 108 valence electrons. The van der Waals surface area contributed by atoms with Gasteiger partial charge in [-0.25, -0.2) is 0 Å². The highest BCUT2D eigenvalue weighted by molar-refractivity contribution is 9.09. The maximum absolute atomic E-state index is 12.5. The normalized spacial score (nSPS) is 26.8. The molecule has 5 heteroatoms. The molecular formula is C15H18BrNOS2. The maximum Gasteiger partial charge on any atom is 0.261 e. The topological polar surface area (TPSA) is 29.1 Å². The molecule has 1 N–H and O–H groups in total. The molecular weight excluding hydrogens is 354 g/mol. The SMILES string of the molecule is CC1CCC(CBr)(NC(=O)c2cc3sccc3s2)CC1. The van der Waals surface area contributed by atoms with E-state index in [4.69, 9.17) is 0 Å². The molecule has 1 fully saturated rings. The van der Waals surface area contributed by atoms with Crippen LogP contribution in [-0.4, -0.2) is 16.8 Å². The van der Waals surface area contributed by atoms with Crippen molar-refractivity contribution in [3.63, 3.8) is 0 Å². The van der Waals surface area contributed by atoms with Gasteiger partial charge < -0.3 is 5.32 Å². The van der Waals surface area contributed by atoms with Crippen molar-refractivity contribution in [1.82, 2.24) is 5.32 Å². The highest BCUT2D eigenvalue weighted by Gasteiger charge is 2.35. The summed E-state index contributed by atoms with van der Waals surface area (Å²) < 4.78 is 2.43. The minimum absolute atomic E-state index is 0.0546. The first-order valence-electron chi connectivity index (χ1n) is 6.97. The Morgan fingerprint density at radius 1 is 1.45 bits per heavy atom. The predicted molar refractivity (Wildman–Crippen MR) is 91.3 cm³/mol. The van der Waals surface area contributed by atoms with E-state index in [9.17, 15) is 4.79 Å². The highest BCUT2D eigenvalue weighted by Crippen LogP contribution is 2.35. The van der Waals surface area contributed by atoms with E-state index in [0.717, 1.165) is 29.0 Å². The predicted octanol–water partition coefficient (Wildman–Crippen LogP) is 5.04. The number of nitrogens with one attached hydrogen (secondary N) is 1. The fourth-order valence-corrected chi connectivity index (χ4v) is 5.49. The van der Waals surface area contributed by atoms with Crippen LogP contribution in [0.3, 0.4) is 0 Å². The minimum Gasteiger partial charge on any atom is -0.345 e. The number of carbonyl (C=O) groups is 1. The molecule has 0 bridgehead atoms. The van der Waals surface area contributed by atoms with Gasteiger partial charge in [-0.15, -0.1) is 22.7 Å². The second-order valence-electron chi connectivity index (χ2n) is 5.81. The molecule has 2 aromatic heterocycles. The third-order valence-corrected chi connectivity index (χ3v) is 7.39. The number of amides is 1. The zero-order chi connectivity index (χ0) is 14.2. The fraction of sp³-hybridized carbons (Fsp3) is 0.533. The van der Waals surface area contributed by atoms with Crippen LogP contribution >= 0.6 is 38.6 Å². The summed E-state index contributed by atoms with van der Waals surface area (Å²) in [4.78, 5) is 13.3. The average molecular weight is 372 g/mol. The summed E-state index contributed by atoms with van der Waals surface area (Å²) >= 11 is 6.90. The van der Waals surface area contributed by atoms with Crippen LogP contribution in [0.25, 0.3) is 9.40 Å². The molecule has 0 atom stereocenters. The summed E-state index contributed by atoms with van der Waals surface area (Å²) in [6, 6.07) is 4.11. The summed E-state index contributed by atoms with van der Waals surface area (Å²) in [6.07, 6.45) is 4.55. The van der Waals surface area contributed by atoms with E-state index < -0.39 is 0 Å². The molecule has 1 saturated carbocycles. The van der Waals surface area contributed by atoms with Crippen LogP contribution in [0.1, 0.15) is 42.3 Å². The van der Waals surface area contributed by atoms with Gasteiger partial charge in [0.1, 0.15) is 0 Å². The Morgan fingerprint density at radius 2 is 2.20 bits per heavy atom. The molecule has 0 radical (unpaired) electrons. The van der Waals surface area contributed by atoms with Crippen LogP contribution in [-0.2, 0) is 0 Å².